The summed E-state index contributed by atoms with van der Waals surface area (Å²) in [5.74, 6) is -2.83. The molecule has 0 heterocycles. The third-order valence-corrected chi connectivity index (χ3v) is 3.74. The topological polar surface area (TPSA) is 9.23 Å². The van der Waals surface area contributed by atoms with Crippen molar-refractivity contribution in [3.8, 4) is 16.9 Å². The van der Waals surface area contributed by atoms with Crippen LogP contribution in [0, 0.1) is 18.6 Å². The van der Waals surface area contributed by atoms with Gasteiger partial charge in [-0.2, -0.15) is 8.78 Å². The van der Waals surface area contributed by atoms with Gasteiger partial charge in [0.25, 0.3) is 0 Å². The van der Waals surface area contributed by atoms with Crippen LogP contribution < -0.4 is 4.74 Å². The van der Waals surface area contributed by atoms with E-state index < -0.39 is 23.5 Å². The second-order valence-electron chi connectivity index (χ2n) is 5.64. The number of ether oxygens (including phenoxy) is 1. The Labute approximate surface area is 149 Å². The van der Waals surface area contributed by atoms with Crippen LogP contribution in [0.25, 0.3) is 11.1 Å². The molecule has 0 spiro atoms. The van der Waals surface area contributed by atoms with E-state index in [4.69, 9.17) is 0 Å². The van der Waals surface area contributed by atoms with Gasteiger partial charge in [-0.3, -0.25) is 0 Å². The van der Waals surface area contributed by atoms with E-state index in [0.717, 1.165) is 28.8 Å². The number of hydrogen-bond acceptors (Lipinski definition) is 1. The molecular weight excluding hydrogens is 344 g/mol. The lowest BCUT2D eigenvalue weighted by atomic mass is 10.0. The zero-order valence-electron chi connectivity index (χ0n) is 13.3. The van der Waals surface area contributed by atoms with Gasteiger partial charge >= 0.3 is 6.11 Å². The van der Waals surface area contributed by atoms with Gasteiger partial charge in [-0.1, -0.05) is 49.4 Å². The zero-order valence-corrected chi connectivity index (χ0v) is 13.3. The Kier molecular flexibility index (Phi) is 5.70. The maximum absolute atomic E-state index is 14.2. The normalized spacial score (nSPS) is 11.0. The SMILES string of the molecule is C.Cc1ccc(-c2ccc(C(F)(F)Oc3ccc(F)c(F)c3)cc2)cc1. The molecule has 0 saturated heterocycles. The Morgan fingerprint density at radius 2 is 1.27 bits per heavy atom. The highest BCUT2D eigenvalue weighted by Crippen LogP contribution is 2.33. The maximum Gasteiger partial charge on any atom is 0.426 e. The van der Waals surface area contributed by atoms with Crippen LogP contribution >= 0.6 is 0 Å². The first-order valence-corrected chi connectivity index (χ1v) is 7.54. The summed E-state index contributed by atoms with van der Waals surface area (Å²) < 4.78 is 59.0. The third-order valence-electron chi connectivity index (χ3n) is 3.74. The van der Waals surface area contributed by atoms with Crippen LogP contribution in [-0.4, -0.2) is 0 Å². The molecule has 0 atom stereocenters. The maximum atomic E-state index is 14.2. The summed E-state index contributed by atoms with van der Waals surface area (Å²) in [6.07, 6.45) is -3.67. The molecule has 3 aromatic carbocycles. The summed E-state index contributed by atoms with van der Waals surface area (Å²) in [4.78, 5) is 0. The van der Waals surface area contributed by atoms with E-state index in [1.807, 2.05) is 31.2 Å². The van der Waals surface area contributed by atoms with Crippen molar-refractivity contribution in [3.63, 3.8) is 0 Å². The molecule has 0 saturated carbocycles. The molecule has 0 aromatic heterocycles. The molecule has 0 aliphatic heterocycles. The number of rotatable bonds is 4. The van der Waals surface area contributed by atoms with Crippen LogP contribution in [0.3, 0.4) is 0 Å². The van der Waals surface area contributed by atoms with E-state index in [2.05, 4.69) is 4.74 Å². The van der Waals surface area contributed by atoms with E-state index in [1.54, 1.807) is 12.1 Å². The van der Waals surface area contributed by atoms with Crippen molar-refractivity contribution >= 4 is 0 Å². The van der Waals surface area contributed by atoms with Gasteiger partial charge in [0.15, 0.2) is 11.6 Å². The van der Waals surface area contributed by atoms with E-state index in [1.165, 1.54) is 12.1 Å². The van der Waals surface area contributed by atoms with Gasteiger partial charge in [0, 0.05) is 6.07 Å². The fourth-order valence-electron chi connectivity index (χ4n) is 2.35. The average molecular weight is 362 g/mol. The van der Waals surface area contributed by atoms with Crippen molar-refractivity contribution in [2.75, 3.05) is 0 Å². The molecule has 136 valence electrons. The molecule has 0 aliphatic rings. The fraction of sp³-hybridized carbons (Fsp3) is 0.143. The molecule has 0 fully saturated rings. The second kappa shape index (κ2) is 7.60. The molecule has 26 heavy (non-hydrogen) atoms. The third kappa shape index (κ3) is 4.23. The van der Waals surface area contributed by atoms with Crippen LogP contribution in [0.2, 0.25) is 0 Å². The second-order valence-corrected chi connectivity index (χ2v) is 5.64. The van der Waals surface area contributed by atoms with Crippen molar-refractivity contribution < 1.29 is 22.3 Å². The Balaban J connectivity index is 0.00000243. The highest BCUT2D eigenvalue weighted by Gasteiger charge is 2.34. The minimum atomic E-state index is -3.67. The smallest absolute Gasteiger partial charge is 0.426 e. The number of alkyl halides is 2. The largest absolute Gasteiger partial charge is 0.429 e. The monoisotopic (exact) mass is 362 g/mol. The Hall–Kier alpha value is -2.82. The number of halogens is 4. The lowest BCUT2D eigenvalue weighted by Crippen LogP contribution is -2.21. The van der Waals surface area contributed by atoms with E-state index in [9.17, 15) is 17.6 Å². The van der Waals surface area contributed by atoms with E-state index in [-0.39, 0.29) is 13.0 Å². The first-order chi connectivity index (χ1) is 11.8. The minimum Gasteiger partial charge on any atom is -0.429 e. The van der Waals surface area contributed by atoms with Gasteiger partial charge in [0.2, 0.25) is 0 Å². The molecule has 3 rings (SSSR count). The molecule has 0 unspecified atom stereocenters. The van der Waals surface area contributed by atoms with Gasteiger partial charge in [-0.05, 0) is 42.3 Å². The molecule has 0 N–H and O–H groups in total. The number of hydrogen-bond donors (Lipinski definition) is 0. The van der Waals surface area contributed by atoms with Crippen molar-refractivity contribution in [2.24, 2.45) is 0 Å². The summed E-state index contributed by atoms with van der Waals surface area (Å²) >= 11 is 0. The van der Waals surface area contributed by atoms with Crippen LogP contribution in [0.5, 0.6) is 5.75 Å². The quantitative estimate of drug-likeness (QED) is 0.469. The van der Waals surface area contributed by atoms with Gasteiger partial charge < -0.3 is 4.74 Å². The van der Waals surface area contributed by atoms with Crippen molar-refractivity contribution in [3.05, 3.63) is 89.5 Å². The van der Waals surface area contributed by atoms with Crippen molar-refractivity contribution in [1.29, 1.82) is 0 Å². The molecule has 0 radical (unpaired) electrons. The van der Waals surface area contributed by atoms with Crippen molar-refractivity contribution in [2.45, 2.75) is 20.5 Å². The first kappa shape index (κ1) is 19.5. The molecule has 0 aliphatic carbocycles. The molecule has 5 heteroatoms. The zero-order chi connectivity index (χ0) is 18.0. The standard InChI is InChI=1S/C20H14F4O.CH4/c1-13-2-4-14(5-3-13)15-6-8-16(9-7-15)20(23,24)25-17-10-11-18(21)19(22)12-17;/h2-12H,1H3;1H4. The summed E-state index contributed by atoms with van der Waals surface area (Å²) in [6.45, 7) is 1.96. The molecule has 0 bridgehead atoms. The summed E-state index contributed by atoms with van der Waals surface area (Å²) in [7, 11) is 0. The summed E-state index contributed by atoms with van der Waals surface area (Å²) in [5.41, 5.74) is 2.41. The molecule has 0 amide bonds. The molecule has 3 aromatic rings. The Morgan fingerprint density at radius 3 is 1.81 bits per heavy atom. The lowest BCUT2D eigenvalue weighted by molar-refractivity contribution is -0.185. The van der Waals surface area contributed by atoms with Gasteiger partial charge in [-0.25, -0.2) is 8.78 Å². The predicted molar refractivity (Wildman–Crippen MR) is 94.2 cm³/mol. The van der Waals surface area contributed by atoms with E-state index >= 15 is 0 Å². The minimum absolute atomic E-state index is 0. The predicted octanol–water partition coefficient (Wildman–Crippen LogP) is 6.70. The lowest BCUT2D eigenvalue weighted by Gasteiger charge is -2.18. The molecule has 1 nitrogen and oxygen atoms in total. The van der Waals surface area contributed by atoms with Gasteiger partial charge in [0.1, 0.15) is 5.75 Å². The van der Waals surface area contributed by atoms with Gasteiger partial charge in [-0.15, -0.1) is 0 Å². The van der Waals surface area contributed by atoms with Gasteiger partial charge in [0.05, 0.1) is 5.56 Å². The van der Waals surface area contributed by atoms with Crippen LogP contribution in [-0.2, 0) is 6.11 Å². The fourth-order valence-corrected chi connectivity index (χ4v) is 2.35. The Morgan fingerprint density at radius 1 is 0.731 bits per heavy atom. The number of benzene rings is 3. The average Bonchev–Trinajstić information content (AvgIpc) is 2.59. The summed E-state index contributed by atoms with van der Waals surface area (Å²) in [6, 6.07) is 15.6. The van der Waals surface area contributed by atoms with Crippen LogP contribution in [0.15, 0.2) is 66.7 Å². The highest BCUT2D eigenvalue weighted by molar-refractivity contribution is 5.64. The van der Waals surface area contributed by atoms with Crippen LogP contribution in [0.1, 0.15) is 18.6 Å². The highest BCUT2D eigenvalue weighted by atomic mass is 19.3. The van der Waals surface area contributed by atoms with Crippen LogP contribution in [0.4, 0.5) is 17.6 Å². The van der Waals surface area contributed by atoms with E-state index in [0.29, 0.717) is 6.07 Å². The summed E-state index contributed by atoms with van der Waals surface area (Å²) in [5, 5.41) is 0. The first-order valence-electron chi connectivity index (χ1n) is 7.54. The Bertz CT molecular complexity index is 872. The van der Waals surface area contributed by atoms with Crippen molar-refractivity contribution in [1.82, 2.24) is 0 Å². The molecular formula is C21H18F4O. The number of aryl methyl sites for hydroxylation is 1.